The number of rotatable bonds is 4. The summed E-state index contributed by atoms with van der Waals surface area (Å²) in [5, 5.41) is 2.90. The largest absolute Gasteiger partial charge is 0.495 e. The highest BCUT2D eigenvalue weighted by atomic mass is 16.5. The van der Waals surface area contributed by atoms with E-state index in [4.69, 9.17) is 4.74 Å². The number of nitrogens with zero attached hydrogens (tertiary/aromatic N) is 1. The molecule has 1 aliphatic carbocycles. The minimum Gasteiger partial charge on any atom is -0.495 e. The van der Waals surface area contributed by atoms with E-state index in [1.165, 1.54) is 0 Å². The minimum atomic E-state index is -0.848. The van der Waals surface area contributed by atoms with Gasteiger partial charge in [0.25, 0.3) is 0 Å². The third-order valence-corrected chi connectivity index (χ3v) is 4.59. The fourth-order valence-electron chi connectivity index (χ4n) is 3.05. The molecule has 0 unspecified atom stereocenters. The lowest BCUT2D eigenvalue weighted by Gasteiger charge is -2.22. The van der Waals surface area contributed by atoms with Gasteiger partial charge in [-0.25, -0.2) is 0 Å². The second kappa shape index (κ2) is 5.63. The van der Waals surface area contributed by atoms with E-state index >= 15 is 0 Å². The number of aryl methyl sites for hydroxylation is 1. The van der Waals surface area contributed by atoms with Crippen molar-refractivity contribution in [1.82, 2.24) is 4.90 Å². The number of benzene rings is 1. The third kappa shape index (κ3) is 2.56. The molecule has 1 aromatic rings. The standard InChI is InChI=1S/C17H22N2O3/c1-12-5-6-14(22-2)13(11-12)18-15(20)17(7-8-17)16(21)19-9-3-4-10-19/h5-6,11H,3-4,7-10H2,1-2H3,(H,18,20). The molecule has 2 amide bonds. The normalized spacial score (nSPS) is 18.9. The van der Waals surface area contributed by atoms with Crippen molar-refractivity contribution in [1.29, 1.82) is 0 Å². The Morgan fingerprint density at radius 2 is 1.91 bits per heavy atom. The number of carbonyl (C=O) groups is 2. The summed E-state index contributed by atoms with van der Waals surface area (Å²) in [6.07, 6.45) is 3.36. The smallest absolute Gasteiger partial charge is 0.240 e. The Morgan fingerprint density at radius 1 is 1.23 bits per heavy atom. The number of hydrogen-bond acceptors (Lipinski definition) is 3. The number of likely N-dealkylation sites (tertiary alicyclic amines) is 1. The summed E-state index contributed by atoms with van der Waals surface area (Å²) in [6, 6.07) is 5.62. The molecule has 22 heavy (non-hydrogen) atoms. The number of carbonyl (C=O) groups excluding carboxylic acids is 2. The molecule has 0 atom stereocenters. The molecule has 1 saturated carbocycles. The van der Waals surface area contributed by atoms with Crippen LogP contribution in [0.4, 0.5) is 5.69 Å². The van der Waals surface area contributed by atoms with E-state index in [-0.39, 0.29) is 11.8 Å². The van der Waals surface area contributed by atoms with Crippen molar-refractivity contribution in [2.75, 3.05) is 25.5 Å². The van der Waals surface area contributed by atoms with Gasteiger partial charge in [0.2, 0.25) is 11.8 Å². The monoisotopic (exact) mass is 302 g/mol. The van der Waals surface area contributed by atoms with Crippen molar-refractivity contribution in [3.05, 3.63) is 23.8 Å². The van der Waals surface area contributed by atoms with Crippen LogP contribution in [0.3, 0.4) is 0 Å². The van der Waals surface area contributed by atoms with E-state index in [1.54, 1.807) is 7.11 Å². The first-order valence-corrected chi connectivity index (χ1v) is 7.82. The first kappa shape index (κ1) is 14.9. The maximum Gasteiger partial charge on any atom is 0.240 e. The molecule has 1 N–H and O–H groups in total. The van der Waals surface area contributed by atoms with Crippen LogP contribution < -0.4 is 10.1 Å². The summed E-state index contributed by atoms with van der Waals surface area (Å²) >= 11 is 0. The molecule has 1 heterocycles. The molecule has 0 bridgehead atoms. The van der Waals surface area contributed by atoms with E-state index in [2.05, 4.69) is 5.32 Å². The number of methoxy groups -OCH3 is 1. The summed E-state index contributed by atoms with van der Waals surface area (Å²) in [7, 11) is 1.57. The van der Waals surface area contributed by atoms with E-state index in [9.17, 15) is 9.59 Å². The maximum absolute atomic E-state index is 12.7. The van der Waals surface area contributed by atoms with Gasteiger partial charge in [-0.1, -0.05) is 6.07 Å². The zero-order valence-corrected chi connectivity index (χ0v) is 13.1. The quantitative estimate of drug-likeness (QED) is 0.869. The number of nitrogens with one attached hydrogen (secondary N) is 1. The molecule has 1 aliphatic heterocycles. The van der Waals surface area contributed by atoms with Crippen LogP contribution in [0, 0.1) is 12.3 Å². The highest BCUT2D eigenvalue weighted by Gasteiger charge is 2.58. The summed E-state index contributed by atoms with van der Waals surface area (Å²) in [5.41, 5.74) is 0.818. The zero-order valence-electron chi connectivity index (χ0n) is 13.1. The van der Waals surface area contributed by atoms with Crippen molar-refractivity contribution in [3.63, 3.8) is 0 Å². The molecular weight excluding hydrogens is 280 g/mol. The Hall–Kier alpha value is -2.04. The Kier molecular flexibility index (Phi) is 3.81. The highest BCUT2D eigenvalue weighted by molar-refractivity contribution is 6.13. The SMILES string of the molecule is COc1ccc(C)cc1NC(=O)C1(C(=O)N2CCCC2)CC1. The van der Waals surface area contributed by atoms with E-state index in [0.717, 1.165) is 31.5 Å². The van der Waals surface area contributed by atoms with E-state index in [1.807, 2.05) is 30.0 Å². The Morgan fingerprint density at radius 3 is 2.50 bits per heavy atom. The summed E-state index contributed by atoms with van der Waals surface area (Å²) < 4.78 is 5.28. The maximum atomic E-state index is 12.7. The van der Waals surface area contributed by atoms with Gasteiger partial charge in [-0.3, -0.25) is 9.59 Å². The predicted octanol–water partition coefficient (Wildman–Crippen LogP) is 2.34. The number of hydrogen-bond donors (Lipinski definition) is 1. The van der Waals surface area contributed by atoms with Crippen molar-refractivity contribution < 1.29 is 14.3 Å². The molecule has 1 aromatic carbocycles. The van der Waals surface area contributed by atoms with Crippen molar-refractivity contribution in [2.24, 2.45) is 5.41 Å². The van der Waals surface area contributed by atoms with Gasteiger partial charge in [0.15, 0.2) is 0 Å². The molecule has 2 fully saturated rings. The summed E-state index contributed by atoms with van der Waals surface area (Å²) in [4.78, 5) is 27.1. The van der Waals surface area contributed by atoms with Gasteiger partial charge in [-0.2, -0.15) is 0 Å². The van der Waals surface area contributed by atoms with Gasteiger partial charge >= 0.3 is 0 Å². The zero-order chi connectivity index (χ0) is 15.7. The molecular formula is C17H22N2O3. The van der Waals surface area contributed by atoms with Crippen LogP contribution in [0.1, 0.15) is 31.2 Å². The average molecular weight is 302 g/mol. The van der Waals surface area contributed by atoms with Crippen LogP contribution >= 0.6 is 0 Å². The number of amides is 2. The molecule has 0 radical (unpaired) electrons. The third-order valence-electron chi connectivity index (χ3n) is 4.59. The van der Waals surface area contributed by atoms with Crippen LogP contribution in [-0.2, 0) is 9.59 Å². The second-order valence-corrected chi connectivity index (χ2v) is 6.24. The van der Waals surface area contributed by atoms with Gasteiger partial charge in [-0.15, -0.1) is 0 Å². The fraction of sp³-hybridized carbons (Fsp3) is 0.529. The van der Waals surface area contributed by atoms with Crippen molar-refractivity contribution in [2.45, 2.75) is 32.6 Å². The van der Waals surface area contributed by atoms with Crippen LogP contribution in [0.5, 0.6) is 5.75 Å². The first-order valence-electron chi connectivity index (χ1n) is 7.82. The first-order chi connectivity index (χ1) is 10.6. The Bertz CT molecular complexity index is 602. The molecule has 118 valence electrons. The summed E-state index contributed by atoms with van der Waals surface area (Å²) in [5.74, 6) is 0.408. The molecule has 3 rings (SSSR count). The molecule has 0 spiro atoms. The van der Waals surface area contributed by atoms with Crippen LogP contribution in [0.15, 0.2) is 18.2 Å². The second-order valence-electron chi connectivity index (χ2n) is 6.24. The van der Waals surface area contributed by atoms with Gasteiger partial charge in [0, 0.05) is 13.1 Å². The molecule has 5 heteroatoms. The lowest BCUT2D eigenvalue weighted by molar-refractivity contribution is -0.141. The molecule has 5 nitrogen and oxygen atoms in total. The lowest BCUT2D eigenvalue weighted by Crippen LogP contribution is -2.41. The fourth-order valence-corrected chi connectivity index (χ4v) is 3.05. The van der Waals surface area contributed by atoms with Crippen LogP contribution in [0.25, 0.3) is 0 Å². The van der Waals surface area contributed by atoms with Gasteiger partial charge in [0.1, 0.15) is 11.2 Å². The van der Waals surface area contributed by atoms with Crippen LogP contribution in [0.2, 0.25) is 0 Å². The van der Waals surface area contributed by atoms with E-state index in [0.29, 0.717) is 24.3 Å². The lowest BCUT2D eigenvalue weighted by atomic mass is 10.0. The highest BCUT2D eigenvalue weighted by Crippen LogP contribution is 2.49. The molecule has 1 saturated heterocycles. The number of anilines is 1. The minimum absolute atomic E-state index is 0.00544. The van der Waals surface area contributed by atoms with Crippen molar-refractivity contribution in [3.8, 4) is 5.75 Å². The van der Waals surface area contributed by atoms with Crippen molar-refractivity contribution >= 4 is 17.5 Å². The average Bonchev–Trinajstić information content (AvgIpc) is 3.14. The summed E-state index contributed by atoms with van der Waals surface area (Å²) in [6.45, 7) is 3.51. The topological polar surface area (TPSA) is 58.6 Å². The molecule has 0 aromatic heterocycles. The van der Waals surface area contributed by atoms with Gasteiger partial charge in [0.05, 0.1) is 12.8 Å². The number of ether oxygens (including phenoxy) is 1. The Balaban J connectivity index is 1.77. The predicted molar refractivity (Wildman–Crippen MR) is 83.8 cm³/mol. The van der Waals surface area contributed by atoms with Gasteiger partial charge < -0.3 is 15.0 Å². The van der Waals surface area contributed by atoms with Crippen LogP contribution in [-0.4, -0.2) is 36.9 Å². The molecule has 2 aliphatic rings. The Labute approximate surface area is 130 Å². The van der Waals surface area contributed by atoms with Gasteiger partial charge in [-0.05, 0) is 50.3 Å². The van der Waals surface area contributed by atoms with E-state index < -0.39 is 5.41 Å².